The van der Waals surface area contributed by atoms with Crippen molar-refractivity contribution in [3.8, 4) is 11.4 Å². The zero-order chi connectivity index (χ0) is 17.1. The Morgan fingerprint density at radius 3 is 2.72 bits per heavy atom. The topological polar surface area (TPSA) is 72.7 Å². The molecule has 1 N–H and O–H groups in total. The summed E-state index contributed by atoms with van der Waals surface area (Å²) >= 11 is 1.42. The van der Waals surface area contributed by atoms with Crippen LogP contribution >= 0.6 is 11.8 Å². The van der Waals surface area contributed by atoms with Crippen molar-refractivity contribution in [2.45, 2.75) is 24.0 Å². The first-order valence-corrected chi connectivity index (χ1v) is 9.13. The van der Waals surface area contributed by atoms with Gasteiger partial charge in [0.2, 0.25) is 5.91 Å². The quantitative estimate of drug-likeness (QED) is 0.689. The first-order chi connectivity index (χ1) is 12.3. The summed E-state index contributed by atoms with van der Waals surface area (Å²) in [4.78, 5) is 16.3. The van der Waals surface area contributed by atoms with Gasteiger partial charge in [-0.15, -0.1) is 10.2 Å². The summed E-state index contributed by atoms with van der Waals surface area (Å²) in [5.41, 5.74) is 1.75. The molecule has 1 aliphatic rings. The Morgan fingerprint density at radius 1 is 1.16 bits per heavy atom. The number of para-hydroxylation sites is 1. The van der Waals surface area contributed by atoms with Gasteiger partial charge in [0.1, 0.15) is 0 Å². The molecule has 6 nitrogen and oxygen atoms in total. The molecule has 3 aromatic rings. The Hall–Kier alpha value is -2.67. The lowest BCUT2D eigenvalue weighted by molar-refractivity contribution is -0.113. The standard InChI is InChI=1S/C18H17N5OS/c24-16(20-14-6-2-1-3-7-14)12-25-18-22-21-17(23(18)15-8-9-15)13-5-4-10-19-11-13/h1-7,10-11,15H,8-9,12H2,(H,20,24). The van der Waals surface area contributed by atoms with Gasteiger partial charge in [0.25, 0.3) is 0 Å². The van der Waals surface area contributed by atoms with Gasteiger partial charge in [0.05, 0.1) is 5.75 Å². The van der Waals surface area contributed by atoms with E-state index in [9.17, 15) is 4.79 Å². The molecule has 1 saturated carbocycles. The number of pyridine rings is 1. The summed E-state index contributed by atoms with van der Waals surface area (Å²) in [6.45, 7) is 0. The van der Waals surface area contributed by atoms with Gasteiger partial charge in [-0.1, -0.05) is 30.0 Å². The van der Waals surface area contributed by atoms with Gasteiger partial charge in [-0.05, 0) is 37.1 Å². The van der Waals surface area contributed by atoms with Gasteiger partial charge >= 0.3 is 0 Å². The van der Waals surface area contributed by atoms with Crippen molar-refractivity contribution in [3.63, 3.8) is 0 Å². The van der Waals surface area contributed by atoms with E-state index < -0.39 is 0 Å². The highest BCUT2D eigenvalue weighted by atomic mass is 32.2. The first-order valence-electron chi connectivity index (χ1n) is 8.14. The summed E-state index contributed by atoms with van der Waals surface area (Å²) in [5.74, 6) is 1.07. The Kier molecular flexibility index (Phi) is 4.47. The van der Waals surface area contributed by atoms with Gasteiger partial charge in [0.15, 0.2) is 11.0 Å². The zero-order valence-electron chi connectivity index (χ0n) is 13.5. The van der Waals surface area contributed by atoms with Crippen LogP contribution in [0.1, 0.15) is 18.9 Å². The number of carbonyl (C=O) groups is 1. The van der Waals surface area contributed by atoms with Crippen molar-refractivity contribution in [2.75, 3.05) is 11.1 Å². The summed E-state index contributed by atoms with van der Waals surface area (Å²) in [7, 11) is 0. The number of benzene rings is 1. The van der Waals surface area contributed by atoms with E-state index in [-0.39, 0.29) is 5.91 Å². The molecular weight excluding hydrogens is 334 g/mol. The minimum atomic E-state index is -0.0514. The molecule has 1 amide bonds. The van der Waals surface area contributed by atoms with Crippen molar-refractivity contribution in [3.05, 3.63) is 54.9 Å². The van der Waals surface area contributed by atoms with E-state index in [1.54, 1.807) is 12.4 Å². The molecule has 126 valence electrons. The molecular formula is C18H17N5OS. The van der Waals surface area contributed by atoms with Crippen LogP contribution in [-0.4, -0.2) is 31.4 Å². The molecule has 0 aliphatic heterocycles. The van der Waals surface area contributed by atoms with Crippen LogP contribution in [0.2, 0.25) is 0 Å². The fourth-order valence-corrected chi connectivity index (χ4v) is 3.38. The van der Waals surface area contributed by atoms with Crippen LogP contribution < -0.4 is 5.32 Å². The normalized spacial score (nSPS) is 13.6. The van der Waals surface area contributed by atoms with Crippen molar-refractivity contribution in [1.29, 1.82) is 0 Å². The zero-order valence-corrected chi connectivity index (χ0v) is 14.3. The highest BCUT2D eigenvalue weighted by molar-refractivity contribution is 7.99. The molecule has 25 heavy (non-hydrogen) atoms. The number of anilines is 1. The second-order valence-electron chi connectivity index (χ2n) is 5.85. The molecule has 2 heterocycles. The predicted molar refractivity (Wildman–Crippen MR) is 97.3 cm³/mol. The maximum absolute atomic E-state index is 12.2. The number of carbonyl (C=O) groups excluding carboxylic acids is 1. The number of nitrogens with zero attached hydrogens (tertiary/aromatic N) is 4. The molecule has 4 rings (SSSR count). The van der Waals surface area contributed by atoms with Gasteiger partial charge in [-0.2, -0.15) is 0 Å². The maximum atomic E-state index is 12.2. The molecule has 1 aromatic carbocycles. The lowest BCUT2D eigenvalue weighted by Crippen LogP contribution is -2.14. The molecule has 1 fully saturated rings. The summed E-state index contributed by atoms with van der Waals surface area (Å²) in [6, 6.07) is 13.7. The Balaban J connectivity index is 1.48. The van der Waals surface area contributed by atoms with Crippen molar-refractivity contribution >= 4 is 23.4 Å². The fourth-order valence-electron chi connectivity index (χ4n) is 2.58. The third kappa shape index (κ3) is 3.71. The van der Waals surface area contributed by atoms with E-state index in [0.717, 1.165) is 35.1 Å². The third-order valence-electron chi connectivity index (χ3n) is 3.89. The number of aromatic nitrogens is 4. The smallest absolute Gasteiger partial charge is 0.234 e. The fraction of sp³-hybridized carbons (Fsp3) is 0.222. The van der Waals surface area contributed by atoms with Crippen LogP contribution in [0.5, 0.6) is 0 Å². The number of nitrogens with one attached hydrogen (secondary N) is 1. The highest BCUT2D eigenvalue weighted by Gasteiger charge is 2.30. The number of amides is 1. The van der Waals surface area contributed by atoms with Crippen LogP contribution in [-0.2, 0) is 4.79 Å². The van der Waals surface area contributed by atoms with Crippen molar-refractivity contribution in [1.82, 2.24) is 19.7 Å². The number of thioether (sulfide) groups is 1. The molecule has 0 spiro atoms. The molecule has 0 saturated heterocycles. The minimum Gasteiger partial charge on any atom is -0.325 e. The van der Waals surface area contributed by atoms with Crippen LogP contribution in [0.15, 0.2) is 60.0 Å². The average molecular weight is 351 g/mol. The molecule has 0 unspecified atom stereocenters. The van der Waals surface area contributed by atoms with Crippen LogP contribution in [0, 0.1) is 0 Å². The molecule has 0 bridgehead atoms. The van der Waals surface area contributed by atoms with Gasteiger partial charge in [0, 0.05) is 29.7 Å². The highest BCUT2D eigenvalue weighted by Crippen LogP contribution is 2.40. The Bertz CT molecular complexity index is 862. The third-order valence-corrected chi connectivity index (χ3v) is 4.83. The molecule has 7 heteroatoms. The van der Waals surface area contributed by atoms with Crippen molar-refractivity contribution in [2.24, 2.45) is 0 Å². The maximum Gasteiger partial charge on any atom is 0.234 e. The average Bonchev–Trinajstić information content (AvgIpc) is 3.40. The van der Waals surface area contributed by atoms with E-state index in [4.69, 9.17) is 0 Å². The largest absolute Gasteiger partial charge is 0.325 e. The Morgan fingerprint density at radius 2 is 2.00 bits per heavy atom. The van der Waals surface area contributed by atoms with Gasteiger partial charge in [-0.25, -0.2) is 0 Å². The molecule has 0 radical (unpaired) electrons. The van der Waals surface area contributed by atoms with Crippen molar-refractivity contribution < 1.29 is 4.79 Å². The minimum absolute atomic E-state index is 0.0514. The lowest BCUT2D eigenvalue weighted by atomic mass is 10.3. The van der Waals surface area contributed by atoms with E-state index in [1.165, 1.54) is 11.8 Å². The summed E-state index contributed by atoms with van der Waals surface area (Å²) < 4.78 is 2.14. The van der Waals surface area contributed by atoms with Gasteiger partial charge in [-0.3, -0.25) is 14.3 Å². The van der Waals surface area contributed by atoms with E-state index in [2.05, 4.69) is 25.1 Å². The molecule has 1 aliphatic carbocycles. The Labute approximate surface area is 149 Å². The van der Waals surface area contributed by atoms with Gasteiger partial charge < -0.3 is 5.32 Å². The molecule has 0 atom stereocenters. The van der Waals surface area contributed by atoms with E-state index >= 15 is 0 Å². The molecule has 2 aromatic heterocycles. The monoisotopic (exact) mass is 351 g/mol. The number of rotatable bonds is 6. The second kappa shape index (κ2) is 7.06. The van der Waals surface area contributed by atoms with E-state index in [1.807, 2.05) is 42.5 Å². The summed E-state index contributed by atoms with van der Waals surface area (Å²) in [6.07, 6.45) is 5.77. The SMILES string of the molecule is O=C(CSc1nnc(-c2cccnc2)n1C1CC1)Nc1ccccc1. The van der Waals surface area contributed by atoms with Crippen LogP contribution in [0.25, 0.3) is 11.4 Å². The second-order valence-corrected chi connectivity index (χ2v) is 6.79. The van der Waals surface area contributed by atoms with Crippen LogP contribution in [0.3, 0.4) is 0 Å². The lowest BCUT2D eigenvalue weighted by Gasteiger charge is -2.09. The predicted octanol–water partition coefficient (Wildman–Crippen LogP) is 3.41. The summed E-state index contributed by atoms with van der Waals surface area (Å²) in [5, 5.41) is 12.3. The number of hydrogen-bond acceptors (Lipinski definition) is 5. The van der Waals surface area contributed by atoms with Crippen LogP contribution in [0.4, 0.5) is 5.69 Å². The number of hydrogen-bond donors (Lipinski definition) is 1. The first kappa shape index (κ1) is 15.8. The van der Waals surface area contributed by atoms with E-state index in [0.29, 0.717) is 11.8 Å².